The third-order valence-corrected chi connectivity index (χ3v) is 3.48. The maximum atomic E-state index is 12.8. The molecule has 2 rings (SSSR count). The molecular formula is C16H16F3N3O3. The number of ether oxygens (including phenoxy) is 1. The summed E-state index contributed by atoms with van der Waals surface area (Å²) in [5.41, 5.74) is -1.60. The van der Waals surface area contributed by atoms with Crippen LogP contribution < -0.4 is 15.2 Å². The van der Waals surface area contributed by atoms with Gasteiger partial charge in [0.15, 0.2) is 0 Å². The second-order valence-electron chi connectivity index (χ2n) is 5.44. The van der Waals surface area contributed by atoms with Gasteiger partial charge >= 0.3 is 6.18 Å². The average molecular weight is 355 g/mol. The van der Waals surface area contributed by atoms with E-state index in [-0.39, 0.29) is 12.2 Å². The van der Waals surface area contributed by atoms with Crippen LogP contribution in [-0.4, -0.2) is 42.9 Å². The number of carbonyl (C=O) groups excluding carboxylic acids is 1. The lowest BCUT2D eigenvalue weighted by atomic mass is 10.1. The van der Waals surface area contributed by atoms with E-state index in [0.29, 0.717) is 11.3 Å². The van der Waals surface area contributed by atoms with Crippen LogP contribution in [0.4, 0.5) is 18.9 Å². The van der Waals surface area contributed by atoms with Gasteiger partial charge in [-0.1, -0.05) is 12.1 Å². The Labute approximate surface area is 141 Å². The van der Waals surface area contributed by atoms with Gasteiger partial charge in [-0.3, -0.25) is 9.59 Å². The highest BCUT2D eigenvalue weighted by molar-refractivity contribution is 6.04. The molecule has 1 heterocycles. The number of rotatable bonds is 5. The molecule has 0 atom stereocenters. The van der Waals surface area contributed by atoms with Crippen molar-refractivity contribution in [2.24, 2.45) is 0 Å². The quantitative estimate of drug-likeness (QED) is 0.769. The van der Waals surface area contributed by atoms with Gasteiger partial charge in [0.25, 0.3) is 11.3 Å². The maximum absolute atomic E-state index is 12.8. The van der Waals surface area contributed by atoms with E-state index in [9.17, 15) is 22.8 Å². The number of ketones is 1. The summed E-state index contributed by atoms with van der Waals surface area (Å²) in [6.45, 7) is -0.0747. The number of hydrogen-bond acceptors (Lipinski definition) is 5. The number of carbonyl (C=O) groups is 1. The first-order chi connectivity index (χ1) is 11.6. The van der Waals surface area contributed by atoms with Crippen molar-refractivity contribution in [1.29, 1.82) is 0 Å². The average Bonchev–Trinajstić information content (AvgIpc) is 2.55. The highest BCUT2D eigenvalue weighted by Gasteiger charge is 2.42. The number of anilines is 1. The molecule has 1 aromatic carbocycles. The van der Waals surface area contributed by atoms with E-state index in [2.05, 4.69) is 5.10 Å². The third-order valence-electron chi connectivity index (χ3n) is 3.48. The van der Waals surface area contributed by atoms with Crippen LogP contribution in [-0.2, 0) is 6.54 Å². The molecule has 0 saturated carbocycles. The van der Waals surface area contributed by atoms with Crippen molar-refractivity contribution < 1.29 is 22.7 Å². The fourth-order valence-electron chi connectivity index (χ4n) is 2.19. The molecule has 25 heavy (non-hydrogen) atoms. The van der Waals surface area contributed by atoms with Gasteiger partial charge in [-0.05, 0) is 17.7 Å². The number of hydrogen-bond donors (Lipinski definition) is 0. The van der Waals surface area contributed by atoms with Gasteiger partial charge in [0.1, 0.15) is 11.3 Å². The summed E-state index contributed by atoms with van der Waals surface area (Å²) in [6.07, 6.45) is -4.08. The Morgan fingerprint density at radius 3 is 2.32 bits per heavy atom. The monoisotopic (exact) mass is 355 g/mol. The number of halogens is 3. The van der Waals surface area contributed by atoms with Gasteiger partial charge in [0.2, 0.25) is 0 Å². The lowest BCUT2D eigenvalue weighted by Crippen LogP contribution is -2.36. The number of nitrogens with zero attached hydrogens (tertiary/aromatic N) is 3. The van der Waals surface area contributed by atoms with E-state index in [1.807, 2.05) is 0 Å². The lowest BCUT2D eigenvalue weighted by Gasteiger charge is -2.18. The number of aromatic nitrogens is 2. The summed E-state index contributed by atoms with van der Waals surface area (Å²) in [5.74, 6) is -1.59. The Balaban J connectivity index is 2.50. The Kier molecular flexibility index (Phi) is 5.15. The molecule has 0 unspecified atom stereocenters. The molecule has 1 aromatic heterocycles. The van der Waals surface area contributed by atoms with Crippen LogP contribution in [0.1, 0.15) is 15.9 Å². The topological polar surface area (TPSA) is 64.4 Å². The Morgan fingerprint density at radius 1 is 1.24 bits per heavy atom. The summed E-state index contributed by atoms with van der Waals surface area (Å²) in [7, 11) is 4.35. The van der Waals surface area contributed by atoms with E-state index in [0.717, 1.165) is 10.9 Å². The van der Waals surface area contributed by atoms with Crippen molar-refractivity contribution in [3.63, 3.8) is 0 Å². The highest BCUT2D eigenvalue weighted by Crippen LogP contribution is 2.25. The normalized spacial score (nSPS) is 11.3. The van der Waals surface area contributed by atoms with E-state index < -0.39 is 23.1 Å². The Morgan fingerprint density at radius 2 is 1.84 bits per heavy atom. The van der Waals surface area contributed by atoms with E-state index in [4.69, 9.17) is 4.74 Å². The first-order valence-electron chi connectivity index (χ1n) is 7.17. The lowest BCUT2D eigenvalue weighted by molar-refractivity contribution is -0.0886. The van der Waals surface area contributed by atoms with Crippen molar-refractivity contribution in [2.45, 2.75) is 12.7 Å². The first kappa shape index (κ1) is 18.5. The molecule has 0 aliphatic rings. The van der Waals surface area contributed by atoms with Crippen molar-refractivity contribution in [3.05, 3.63) is 51.9 Å². The summed E-state index contributed by atoms with van der Waals surface area (Å²) >= 11 is 0. The van der Waals surface area contributed by atoms with Crippen molar-refractivity contribution in [2.75, 3.05) is 26.1 Å². The van der Waals surface area contributed by atoms with E-state index >= 15 is 0 Å². The molecule has 0 spiro atoms. The number of alkyl halides is 3. The standard InChI is InChI=1S/C16H16F3N3O3/c1-21(2)12-8-20-22(9-10-4-6-11(25-3)7-5-10)15(24)13(12)14(23)16(17,18)19/h4-8H,9H2,1-3H3. The van der Waals surface area contributed by atoms with Gasteiger partial charge in [0.05, 0.1) is 25.5 Å². The predicted molar refractivity (Wildman–Crippen MR) is 85.3 cm³/mol. The zero-order valence-electron chi connectivity index (χ0n) is 13.8. The van der Waals surface area contributed by atoms with Crippen molar-refractivity contribution in [3.8, 4) is 5.75 Å². The van der Waals surface area contributed by atoms with Crippen LogP contribution in [0.5, 0.6) is 5.75 Å². The second-order valence-corrected chi connectivity index (χ2v) is 5.44. The molecule has 0 aliphatic carbocycles. The summed E-state index contributed by atoms with van der Waals surface area (Å²) in [6, 6.07) is 6.60. The largest absolute Gasteiger partial charge is 0.497 e. The smallest absolute Gasteiger partial charge is 0.455 e. The van der Waals surface area contributed by atoms with Crippen LogP contribution in [0.2, 0.25) is 0 Å². The molecule has 0 N–H and O–H groups in total. The van der Waals surface area contributed by atoms with Crippen LogP contribution in [0.3, 0.4) is 0 Å². The Bertz CT molecular complexity index is 827. The predicted octanol–water partition coefficient (Wildman–Crippen LogP) is 2.11. The van der Waals surface area contributed by atoms with Crippen LogP contribution in [0.25, 0.3) is 0 Å². The summed E-state index contributed by atoms with van der Waals surface area (Å²) in [5, 5.41) is 3.87. The van der Waals surface area contributed by atoms with Gasteiger partial charge in [-0.25, -0.2) is 4.68 Å². The molecule has 134 valence electrons. The maximum Gasteiger partial charge on any atom is 0.455 e. The van der Waals surface area contributed by atoms with Gasteiger partial charge in [-0.15, -0.1) is 0 Å². The molecule has 0 aliphatic heterocycles. The molecule has 0 amide bonds. The molecule has 0 saturated heterocycles. The molecule has 0 bridgehead atoms. The number of Topliss-reactive ketones (excluding diaryl/α,β-unsaturated/α-hetero) is 1. The van der Waals surface area contributed by atoms with Gasteiger partial charge in [-0.2, -0.15) is 18.3 Å². The van der Waals surface area contributed by atoms with Gasteiger partial charge < -0.3 is 9.64 Å². The SMILES string of the molecule is COc1ccc(Cn2ncc(N(C)C)c(C(=O)C(F)(F)F)c2=O)cc1. The minimum Gasteiger partial charge on any atom is -0.497 e. The summed E-state index contributed by atoms with van der Waals surface area (Å²) < 4.78 is 44.4. The zero-order chi connectivity index (χ0) is 18.8. The minimum absolute atomic E-state index is 0.0747. The number of benzene rings is 1. The molecule has 6 nitrogen and oxygen atoms in total. The van der Waals surface area contributed by atoms with Crippen LogP contribution >= 0.6 is 0 Å². The highest BCUT2D eigenvalue weighted by atomic mass is 19.4. The van der Waals surface area contributed by atoms with Gasteiger partial charge in [0, 0.05) is 14.1 Å². The van der Waals surface area contributed by atoms with Crippen molar-refractivity contribution >= 4 is 11.5 Å². The second kappa shape index (κ2) is 6.96. The van der Waals surface area contributed by atoms with E-state index in [1.165, 1.54) is 26.1 Å². The summed E-state index contributed by atoms with van der Waals surface area (Å²) in [4.78, 5) is 25.4. The van der Waals surface area contributed by atoms with Crippen LogP contribution in [0.15, 0.2) is 35.3 Å². The van der Waals surface area contributed by atoms with Crippen molar-refractivity contribution in [1.82, 2.24) is 9.78 Å². The fraction of sp³-hybridized carbons (Fsp3) is 0.312. The first-order valence-corrected chi connectivity index (χ1v) is 7.17. The molecule has 0 fully saturated rings. The Hall–Kier alpha value is -2.84. The minimum atomic E-state index is -5.15. The molecule has 0 radical (unpaired) electrons. The third kappa shape index (κ3) is 3.98. The molecular weight excluding hydrogens is 339 g/mol. The zero-order valence-corrected chi connectivity index (χ0v) is 13.8. The number of methoxy groups -OCH3 is 1. The van der Waals surface area contributed by atoms with E-state index in [1.54, 1.807) is 24.3 Å². The fourth-order valence-corrected chi connectivity index (χ4v) is 2.19. The molecule has 2 aromatic rings. The van der Waals surface area contributed by atoms with Crippen LogP contribution in [0, 0.1) is 0 Å². The molecule has 9 heteroatoms.